The lowest BCUT2D eigenvalue weighted by Crippen LogP contribution is -2.15. The molecular formula is C22H22FN3O3S. The molecule has 0 spiro atoms. The number of rotatable bonds is 6. The van der Waals surface area contributed by atoms with Gasteiger partial charge in [-0.3, -0.25) is 9.52 Å². The van der Waals surface area contributed by atoms with Crippen LogP contribution in [0.25, 0.3) is 0 Å². The Morgan fingerprint density at radius 3 is 2.27 bits per heavy atom. The van der Waals surface area contributed by atoms with E-state index >= 15 is 0 Å². The average molecular weight is 428 g/mol. The number of benzene rings is 3. The molecule has 3 aromatic rings. The Morgan fingerprint density at radius 2 is 1.63 bits per heavy atom. The molecule has 6 nitrogen and oxygen atoms in total. The standard InChI is InChI=1S/C22H22FN3O3S/c1-15-7-12-20(14-21(15)23)30(28,29)25-18-6-4-5-16(13-18)22(27)24-17-8-10-19(11-9-17)26(2)3/h4-14,25H,1-3H3,(H,24,27). The van der Waals surface area contributed by atoms with E-state index in [1.54, 1.807) is 31.2 Å². The number of aryl methyl sites for hydroxylation is 1. The Hall–Kier alpha value is -3.39. The summed E-state index contributed by atoms with van der Waals surface area (Å²) >= 11 is 0. The molecule has 0 fully saturated rings. The van der Waals surface area contributed by atoms with Crippen LogP contribution in [-0.4, -0.2) is 28.4 Å². The van der Waals surface area contributed by atoms with Crippen molar-refractivity contribution in [3.63, 3.8) is 0 Å². The second-order valence-corrected chi connectivity index (χ2v) is 8.68. The fourth-order valence-corrected chi connectivity index (χ4v) is 3.79. The molecule has 0 saturated heterocycles. The predicted molar refractivity (Wildman–Crippen MR) is 117 cm³/mol. The third-order valence-electron chi connectivity index (χ3n) is 4.47. The average Bonchev–Trinajstić information content (AvgIpc) is 2.70. The molecule has 0 unspecified atom stereocenters. The highest BCUT2D eigenvalue weighted by Crippen LogP contribution is 2.21. The molecule has 0 aliphatic carbocycles. The van der Waals surface area contributed by atoms with Gasteiger partial charge in [-0.25, -0.2) is 12.8 Å². The fraction of sp³-hybridized carbons (Fsp3) is 0.136. The smallest absolute Gasteiger partial charge is 0.261 e. The maximum atomic E-state index is 13.7. The minimum absolute atomic E-state index is 0.193. The Bertz CT molecular complexity index is 1180. The summed E-state index contributed by atoms with van der Waals surface area (Å²) in [5, 5.41) is 2.78. The van der Waals surface area contributed by atoms with Crippen LogP contribution in [0.4, 0.5) is 21.5 Å². The molecule has 0 radical (unpaired) electrons. The first-order valence-electron chi connectivity index (χ1n) is 9.13. The van der Waals surface area contributed by atoms with E-state index < -0.39 is 15.8 Å². The highest BCUT2D eigenvalue weighted by Gasteiger charge is 2.17. The molecule has 2 N–H and O–H groups in total. The van der Waals surface area contributed by atoms with Crippen LogP contribution < -0.4 is 14.9 Å². The first kappa shape index (κ1) is 21.3. The summed E-state index contributed by atoms with van der Waals surface area (Å²) in [6.07, 6.45) is 0. The molecule has 0 aliphatic rings. The number of sulfonamides is 1. The molecule has 0 heterocycles. The summed E-state index contributed by atoms with van der Waals surface area (Å²) in [5.41, 5.74) is 2.45. The normalized spacial score (nSPS) is 11.1. The van der Waals surface area contributed by atoms with Gasteiger partial charge in [0.15, 0.2) is 0 Å². The van der Waals surface area contributed by atoms with Crippen LogP contribution in [0.2, 0.25) is 0 Å². The molecule has 0 aromatic heterocycles. The monoisotopic (exact) mass is 427 g/mol. The Morgan fingerprint density at radius 1 is 0.933 bits per heavy atom. The van der Waals surface area contributed by atoms with Crippen molar-refractivity contribution < 1.29 is 17.6 Å². The molecule has 3 rings (SSSR count). The number of carbonyl (C=O) groups excluding carboxylic acids is 1. The van der Waals surface area contributed by atoms with Crippen LogP contribution in [0, 0.1) is 12.7 Å². The van der Waals surface area contributed by atoms with Crippen LogP contribution in [0.15, 0.2) is 71.6 Å². The zero-order valence-electron chi connectivity index (χ0n) is 16.8. The van der Waals surface area contributed by atoms with Crippen LogP contribution in [-0.2, 0) is 10.0 Å². The van der Waals surface area contributed by atoms with E-state index in [2.05, 4.69) is 10.0 Å². The van der Waals surface area contributed by atoms with Gasteiger partial charge < -0.3 is 10.2 Å². The maximum Gasteiger partial charge on any atom is 0.261 e. The number of hydrogen-bond acceptors (Lipinski definition) is 4. The maximum absolute atomic E-state index is 13.7. The summed E-state index contributed by atoms with van der Waals surface area (Å²) < 4.78 is 41.2. The number of amides is 1. The van der Waals surface area contributed by atoms with Crippen molar-refractivity contribution in [2.75, 3.05) is 29.0 Å². The van der Waals surface area contributed by atoms with Crippen molar-refractivity contribution in [1.29, 1.82) is 0 Å². The zero-order valence-corrected chi connectivity index (χ0v) is 17.6. The van der Waals surface area contributed by atoms with E-state index in [-0.39, 0.29) is 22.1 Å². The lowest BCUT2D eigenvalue weighted by molar-refractivity contribution is 0.102. The van der Waals surface area contributed by atoms with E-state index in [1.165, 1.54) is 24.3 Å². The van der Waals surface area contributed by atoms with E-state index in [0.29, 0.717) is 11.3 Å². The van der Waals surface area contributed by atoms with Gasteiger partial charge in [-0.2, -0.15) is 0 Å². The second kappa shape index (κ2) is 8.54. The third-order valence-corrected chi connectivity index (χ3v) is 5.85. The van der Waals surface area contributed by atoms with Crippen molar-refractivity contribution >= 4 is 33.0 Å². The molecule has 3 aromatic carbocycles. The highest BCUT2D eigenvalue weighted by atomic mass is 32.2. The van der Waals surface area contributed by atoms with E-state index in [0.717, 1.165) is 11.8 Å². The molecule has 0 bridgehead atoms. The topological polar surface area (TPSA) is 78.5 Å². The zero-order chi connectivity index (χ0) is 21.9. The van der Waals surface area contributed by atoms with Crippen molar-refractivity contribution in [1.82, 2.24) is 0 Å². The first-order valence-corrected chi connectivity index (χ1v) is 10.6. The van der Waals surface area contributed by atoms with E-state index in [9.17, 15) is 17.6 Å². The van der Waals surface area contributed by atoms with Crippen LogP contribution in [0.3, 0.4) is 0 Å². The SMILES string of the molecule is Cc1ccc(S(=O)(=O)Nc2cccc(C(=O)Nc3ccc(N(C)C)cc3)c2)cc1F. The molecule has 1 amide bonds. The number of carbonyl (C=O) groups is 1. The second-order valence-electron chi connectivity index (χ2n) is 6.99. The molecule has 0 saturated carbocycles. The van der Waals surface area contributed by atoms with Gasteiger partial charge in [0, 0.05) is 36.7 Å². The number of anilines is 3. The molecule has 156 valence electrons. The van der Waals surface area contributed by atoms with Gasteiger partial charge in [0.1, 0.15) is 5.82 Å². The number of nitrogens with zero attached hydrogens (tertiary/aromatic N) is 1. The number of hydrogen-bond donors (Lipinski definition) is 2. The van der Waals surface area contributed by atoms with E-state index in [1.807, 2.05) is 31.1 Å². The van der Waals surface area contributed by atoms with Gasteiger partial charge >= 0.3 is 0 Å². The Balaban J connectivity index is 1.76. The molecule has 0 aliphatic heterocycles. The molecule has 30 heavy (non-hydrogen) atoms. The van der Waals surface area contributed by atoms with Crippen molar-refractivity contribution in [2.45, 2.75) is 11.8 Å². The Labute approximate surface area is 175 Å². The van der Waals surface area contributed by atoms with E-state index in [4.69, 9.17) is 0 Å². The third kappa shape index (κ3) is 4.96. The van der Waals surface area contributed by atoms with Gasteiger partial charge in [0.05, 0.1) is 4.90 Å². The first-order chi connectivity index (χ1) is 14.2. The quantitative estimate of drug-likeness (QED) is 0.616. The van der Waals surface area contributed by atoms with Crippen molar-refractivity contribution in [3.8, 4) is 0 Å². The molecule has 8 heteroatoms. The number of halogens is 1. The lowest BCUT2D eigenvalue weighted by Gasteiger charge is -2.13. The van der Waals surface area contributed by atoms with Crippen molar-refractivity contribution in [3.05, 3.63) is 83.7 Å². The summed E-state index contributed by atoms with van der Waals surface area (Å²) in [5.74, 6) is -0.985. The lowest BCUT2D eigenvalue weighted by atomic mass is 10.2. The minimum Gasteiger partial charge on any atom is -0.378 e. The summed E-state index contributed by atoms with van der Waals surface area (Å²) in [6.45, 7) is 1.55. The predicted octanol–water partition coefficient (Wildman–Crippen LogP) is 4.25. The fourth-order valence-electron chi connectivity index (χ4n) is 2.72. The molecule has 0 atom stereocenters. The summed E-state index contributed by atoms with van der Waals surface area (Å²) in [7, 11) is -0.150. The summed E-state index contributed by atoms with van der Waals surface area (Å²) in [4.78, 5) is 14.3. The van der Waals surface area contributed by atoms with Gasteiger partial charge in [0.2, 0.25) is 0 Å². The summed E-state index contributed by atoms with van der Waals surface area (Å²) in [6, 6.07) is 17.1. The molecular weight excluding hydrogens is 405 g/mol. The van der Waals surface area contributed by atoms with Gasteiger partial charge in [-0.15, -0.1) is 0 Å². The van der Waals surface area contributed by atoms with Crippen LogP contribution >= 0.6 is 0 Å². The minimum atomic E-state index is -3.99. The van der Waals surface area contributed by atoms with Gasteiger partial charge in [-0.1, -0.05) is 12.1 Å². The largest absolute Gasteiger partial charge is 0.378 e. The Kier molecular flexibility index (Phi) is 6.07. The van der Waals surface area contributed by atoms with Crippen LogP contribution in [0.1, 0.15) is 15.9 Å². The van der Waals surface area contributed by atoms with Gasteiger partial charge in [-0.05, 0) is 67.1 Å². The van der Waals surface area contributed by atoms with Crippen LogP contribution in [0.5, 0.6) is 0 Å². The van der Waals surface area contributed by atoms with Crippen molar-refractivity contribution in [2.24, 2.45) is 0 Å². The van der Waals surface area contributed by atoms with Gasteiger partial charge in [0.25, 0.3) is 15.9 Å². The number of nitrogens with one attached hydrogen (secondary N) is 2. The highest BCUT2D eigenvalue weighted by molar-refractivity contribution is 7.92.